The number of halogens is 2. The largest absolute Gasteiger partial charge is 0.374 e. The first kappa shape index (κ1) is 14.9. The Balaban J connectivity index is 1.65. The van der Waals surface area contributed by atoms with Crippen molar-refractivity contribution in [1.29, 1.82) is 0 Å². The van der Waals surface area contributed by atoms with Gasteiger partial charge in [-0.3, -0.25) is 4.90 Å². The van der Waals surface area contributed by atoms with Crippen LogP contribution in [-0.4, -0.2) is 49.8 Å². The van der Waals surface area contributed by atoms with Gasteiger partial charge in [-0.25, -0.2) is 8.78 Å². The molecule has 2 aliphatic rings. The molecule has 0 aliphatic carbocycles. The summed E-state index contributed by atoms with van der Waals surface area (Å²) in [6, 6.07) is 4.79. The summed E-state index contributed by atoms with van der Waals surface area (Å²) in [5.41, 5.74) is 0.792. The van der Waals surface area contributed by atoms with Crippen LogP contribution in [0.25, 0.3) is 0 Å². The fourth-order valence-electron chi connectivity index (χ4n) is 3.43. The summed E-state index contributed by atoms with van der Waals surface area (Å²) in [5.74, 6) is -1.58. The number of fused-ring (bicyclic) bond motifs is 1. The minimum atomic E-state index is -0.798. The van der Waals surface area contributed by atoms with Crippen molar-refractivity contribution in [3.8, 4) is 0 Å². The van der Waals surface area contributed by atoms with Gasteiger partial charge in [-0.2, -0.15) is 0 Å². The van der Waals surface area contributed by atoms with Crippen molar-refractivity contribution < 1.29 is 13.5 Å². The quantitative estimate of drug-likeness (QED) is 0.919. The van der Waals surface area contributed by atoms with Crippen molar-refractivity contribution in [2.24, 2.45) is 0 Å². The van der Waals surface area contributed by atoms with Crippen LogP contribution in [0, 0.1) is 11.6 Å². The number of ether oxygens (including phenoxy) is 1. The molecule has 1 aromatic carbocycles. The zero-order valence-electron chi connectivity index (χ0n) is 12.3. The maximum Gasteiger partial charge on any atom is 0.159 e. The summed E-state index contributed by atoms with van der Waals surface area (Å²) in [4.78, 5) is 2.49. The first-order chi connectivity index (χ1) is 10.2. The Kier molecular flexibility index (Phi) is 4.52. The van der Waals surface area contributed by atoms with E-state index in [0.29, 0.717) is 12.5 Å². The van der Waals surface area contributed by atoms with Crippen LogP contribution in [0.15, 0.2) is 18.2 Å². The lowest BCUT2D eigenvalue weighted by Crippen LogP contribution is -2.54. The van der Waals surface area contributed by atoms with Crippen LogP contribution < -0.4 is 5.32 Å². The third kappa shape index (κ3) is 3.25. The molecule has 2 aliphatic heterocycles. The van der Waals surface area contributed by atoms with Gasteiger partial charge in [0.15, 0.2) is 11.6 Å². The SMILES string of the molecule is CNC(Cc1ccc(F)c(F)c1)C1CN2CCCC2CO1. The van der Waals surface area contributed by atoms with Gasteiger partial charge in [-0.1, -0.05) is 6.07 Å². The second-order valence-corrected chi connectivity index (χ2v) is 6.01. The van der Waals surface area contributed by atoms with Crippen LogP contribution >= 0.6 is 0 Å². The lowest BCUT2D eigenvalue weighted by atomic mass is 9.99. The number of rotatable bonds is 4. The number of likely N-dealkylation sites (N-methyl/N-ethyl adjacent to an activating group) is 1. The van der Waals surface area contributed by atoms with Gasteiger partial charge < -0.3 is 10.1 Å². The van der Waals surface area contributed by atoms with Gasteiger partial charge in [-0.15, -0.1) is 0 Å². The van der Waals surface area contributed by atoms with E-state index in [1.807, 2.05) is 7.05 Å². The highest BCUT2D eigenvalue weighted by atomic mass is 19.2. The zero-order chi connectivity index (χ0) is 14.8. The van der Waals surface area contributed by atoms with Crippen molar-refractivity contribution in [2.45, 2.75) is 37.5 Å². The molecule has 0 bridgehead atoms. The molecule has 0 radical (unpaired) electrons. The first-order valence-corrected chi connectivity index (χ1v) is 7.64. The van der Waals surface area contributed by atoms with Crippen LogP contribution in [0.5, 0.6) is 0 Å². The predicted molar refractivity (Wildman–Crippen MR) is 77.2 cm³/mol. The van der Waals surface area contributed by atoms with E-state index in [0.717, 1.165) is 25.3 Å². The second-order valence-electron chi connectivity index (χ2n) is 6.01. The fourth-order valence-corrected chi connectivity index (χ4v) is 3.43. The van der Waals surface area contributed by atoms with Crippen LogP contribution in [0.3, 0.4) is 0 Å². The van der Waals surface area contributed by atoms with E-state index in [1.54, 1.807) is 6.07 Å². The van der Waals surface area contributed by atoms with E-state index >= 15 is 0 Å². The summed E-state index contributed by atoms with van der Waals surface area (Å²) in [7, 11) is 1.89. The molecule has 3 nitrogen and oxygen atoms in total. The Labute approximate surface area is 124 Å². The smallest absolute Gasteiger partial charge is 0.159 e. The highest BCUT2D eigenvalue weighted by Crippen LogP contribution is 2.24. The Morgan fingerprint density at radius 3 is 3.00 bits per heavy atom. The first-order valence-electron chi connectivity index (χ1n) is 7.64. The summed E-state index contributed by atoms with van der Waals surface area (Å²) in [5, 5.41) is 3.27. The monoisotopic (exact) mass is 296 g/mol. The molecule has 116 valence electrons. The Hall–Kier alpha value is -1.04. The van der Waals surface area contributed by atoms with E-state index in [2.05, 4.69) is 10.2 Å². The molecule has 21 heavy (non-hydrogen) atoms. The minimum Gasteiger partial charge on any atom is -0.374 e. The highest BCUT2D eigenvalue weighted by Gasteiger charge is 2.35. The predicted octanol–water partition coefficient (Wildman–Crippen LogP) is 1.96. The Bertz CT molecular complexity index is 497. The van der Waals surface area contributed by atoms with E-state index in [1.165, 1.54) is 25.0 Å². The molecule has 0 spiro atoms. The number of morpholine rings is 1. The number of nitrogens with zero attached hydrogens (tertiary/aromatic N) is 1. The third-order valence-electron chi connectivity index (χ3n) is 4.68. The topological polar surface area (TPSA) is 24.5 Å². The average Bonchev–Trinajstić information content (AvgIpc) is 2.95. The van der Waals surface area contributed by atoms with Crippen LogP contribution in [-0.2, 0) is 11.2 Å². The van der Waals surface area contributed by atoms with E-state index in [9.17, 15) is 8.78 Å². The normalized spacial score (nSPS) is 27.6. The molecular weight excluding hydrogens is 274 g/mol. The number of hydrogen-bond donors (Lipinski definition) is 1. The van der Waals surface area contributed by atoms with Gasteiger partial charge in [0.25, 0.3) is 0 Å². The lowest BCUT2D eigenvalue weighted by molar-refractivity contribution is -0.0634. The molecule has 3 rings (SSSR count). The third-order valence-corrected chi connectivity index (χ3v) is 4.68. The molecule has 2 heterocycles. The molecule has 3 unspecified atom stereocenters. The maximum absolute atomic E-state index is 13.3. The molecule has 3 atom stereocenters. The Morgan fingerprint density at radius 1 is 1.38 bits per heavy atom. The lowest BCUT2D eigenvalue weighted by Gasteiger charge is -2.38. The van der Waals surface area contributed by atoms with Crippen LogP contribution in [0.1, 0.15) is 18.4 Å². The van der Waals surface area contributed by atoms with Gasteiger partial charge in [0.1, 0.15) is 0 Å². The van der Waals surface area contributed by atoms with Crippen molar-refractivity contribution in [1.82, 2.24) is 10.2 Å². The molecule has 5 heteroatoms. The van der Waals surface area contributed by atoms with Gasteiger partial charge in [0, 0.05) is 18.6 Å². The zero-order valence-corrected chi connectivity index (χ0v) is 12.3. The minimum absolute atomic E-state index is 0.0949. The summed E-state index contributed by atoms with van der Waals surface area (Å²) >= 11 is 0. The molecule has 1 N–H and O–H groups in total. The van der Waals surface area contributed by atoms with Gasteiger partial charge >= 0.3 is 0 Å². The molecule has 0 saturated carbocycles. The van der Waals surface area contributed by atoms with E-state index in [-0.39, 0.29) is 12.1 Å². The second kappa shape index (κ2) is 6.38. The van der Waals surface area contributed by atoms with Crippen LogP contribution in [0.2, 0.25) is 0 Å². The number of nitrogens with one attached hydrogen (secondary N) is 1. The maximum atomic E-state index is 13.3. The molecule has 0 amide bonds. The van der Waals surface area contributed by atoms with E-state index < -0.39 is 11.6 Å². The van der Waals surface area contributed by atoms with Crippen molar-refractivity contribution >= 4 is 0 Å². The Morgan fingerprint density at radius 2 is 2.24 bits per heavy atom. The molecular formula is C16H22F2N2O. The standard InChI is InChI=1S/C16H22F2N2O/c1-19-15(8-11-4-5-13(17)14(18)7-11)16-9-20-6-2-3-12(20)10-21-16/h4-5,7,12,15-16,19H,2-3,6,8-10H2,1H3. The van der Waals surface area contributed by atoms with Crippen molar-refractivity contribution in [2.75, 3.05) is 26.7 Å². The van der Waals surface area contributed by atoms with Crippen molar-refractivity contribution in [3.05, 3.63) is 35.4 Å². The summed E-state index contributed by atoms with van der Waals surface area (Å²) < 4.78 is 32.3. The van der Waals surface area contributed by atoms with Gasteiger partial charge in [0.2, 0.25) is 0 Å². The summed E-state index contributed by atoms with van der Waals surface area (Å²) in [6.07, 6.45) is 3.20. The molecule has 2 fully saturated rings. The molecule has 0 aromatic heterocycles. The molecule has 2 saturated heterocycles. The van der Waals surface area contributed by atoms with Crippen LogP contribution in [0.4, 0.5) is 8.78 Å². The van der Waals surface area contributed by atoms with Crippen molar-refractivity contribution in [3.63, 3.8) is 0 Å². The number of hydrogen-bond acceptors (Lipinski definition) is 3. The highest BCUT2D eigenvalue weighted by molar-refractivity contribution is 5.19. The average molecular weight is 296 g/mol. The molecule has 1 aromatic rings. The number of benzene rings is 1. The van der Waals surface area contributed by atoms with Gasteiger partial charge in [-0.05, 0) is 50.6 Å². The summed E-state index contributed by atoms with van der Waals surface area (Å²) in [6.45, 7) is 2.84. The fraction of sp³-hybridized carbons (Fsp3) is 0.625. The van der Waals surface area contributed by atoms with E-state index in [4.69, 9.17) is 4.74 Å². The van der Waals surface area contributed by atoms with Gasteiger partial charge in [0.05, 0.1) is 12.7 Å².